The molecule has 0 saturated heterocycles. The average Bonchev–Trinajstić information content (AvgIpc) is 2.78. The van der Waals surface area contributed by atoms with Crippen molar-refractivity contribution in [3.63, 3.8) is 0 Å². The van der Waals surface area contributed by atoms with E-state index in [-0.39, 0.29) is 18.0 Å². The lowest BCUT2D eigenvalue weighted by Crippen LogP contribution is -2.35. The standard InChI is InChI=1S/C28H34N2O5/c1-17(2)16-30-23(15-29-27(33)35-28(4,5)6)24(19-10-8-18(3)9-11-19)22-14-20(26(32)34-7)12-13-21(22)25(30)31/h8-14,17H,15-16H2,1-7H3,(H,29,33). The van der Waals surface area contributed by atoms with Crippen LogP contribution < -0.4 is 10.9 Å². The molecule has 3 rings (SSSR count). The van der Waals surface area contributed by atoms with Gasteiger partial charge in [0.1, 0.15) is 5.60 Å². The largest absolute Gasteiger partial charge is 0.465 e. The van der Waals surface area contributed by atoms with Gasteiger partial charge in [-0.1, -0.05) is 43.7 Å². The molecule has 1 amide bonds. The number of carbonyl (C=O) groups excluding carboxylic acids is 2. The smallest absolute Gasteiger partial charge is 0.407 e. The van der Waals surface area contributed by atoms with Gasteiger partial charge < -0.3 is 19.4 Å². The number of methoxy groups -OCH3 is 1. The van der Waals surface area contributed by atoms with Gasteiger partial charge in [-0.3, -0.25) is 4.79 Å². The maximum absolute atomic E-state index is 13.6. The van der Waals surface area contributed by atoms with Gasteiger partial charge in [-0.05, 0) is 62.8 Å². The number of aromatic nitrogens is 1. The fraction of sp³-hybridized carbons (Fsp3) is 0.393. The average molecular weight is 479 g/mol. The molecule has 1 N–H and O–H groups in total. The Hall–Kier alpha value is -3.61. The van der Waals surface area contributed by atoms with Gasteiger partial charge in [0.2, 0.25) is 0 Å². The van der Waals surface area contributed by atoms with E-state index in [0.717, 1.165) is 16.7 Å². The van der Waals surface area contributed by atoms with E-state index < -0.39 is 17.7 Å². The molecule has 7 nitrogen and oxygen atoms in total. The zero-order valence-electron chi connectivity index (χ0n) is 21.5. The summed E-state index contributed by atoms with van der Waals surface area (Å²) >= 11 is 0. The maximum atomic E-state index is 13.6. The van der Waals surface area contributed by atoms with E-state index in [4.69, 9.17) is 9.47 Å². The normalized spacial score (nSPS) is 11.5. The summed E-state index contributed by atoms with van der Waals surface area (Å²) in [6.45, 7) is 12.0. The summed E-state index contributed by atoms with van der Waals surface area (Å²) in [4.78, 5) is 38.5. The predicted octanol–water partition coefficient (Wildman–Crippen LogP) is 5.44. The molecule has 0 spiro atoms. The lowest BCUT2D eigenvalue weighted by Gasteiger charge is -2.23. The van der Waals surface area contributed by atoms with Crippen LogP contribution in [0.2, 0.25) is 0 Å². The van der Waals surface area contributed by atoms with Crippen LogP contribution in [0.25, 0.3) is 21.9 Å². The van der Waals surface area contributed by atoms with Crippen molar-refractivity contribution in [3.05, 3.63) is 69.6 Å². The second kappa shape index (κ2) is 10.3. The van der Waals surface area contributed by atoms with Crippen LogP contribution in [0.4, 0.5) is 4.79 Å². The molecule has 1 heterocycles. The first-order valence-corrected chi connectivity index (χ1v) is 11.7. The number of benzene rings is 2. The van der Waals surface area contributed by atoms with Crippen molar-refractivity contribution in [1.29, 1.82) is 0 Å². The van der Waals surface area contributed by atoms with Gasteiger partial charge >= 0.3 is 12.1 Å². The summed E-state index contributed by atoms with van der Waals surface area (Å²) < 4.78 is 12.1. The zero-order valence-corrected chi connectivity index (χ0v) is 21.5. The van der Waals surface area contributed by atoms with Crippen LogP contribution in [0.1, 0.15) is 56.2 Å². The fourth-order valence-corrected chi connectivity index (χ4v) is 4.00. The number of hydrogen-bond acceptors (Lipinski definition) is 5. The molecule has 7 heteroatoms. The first kappa shape index (κ1) is 26.0. The minimum absolute atomic E-state index is 0.0818. The highest BCUT2D eigenvalue weighted by atomic mass is 16.6. The van der Waals surface area contributed by atoms with Gasteiger partial charge in [0.25, 0.3) is 5.56 Å². The van der Waals surface area contributed by atoms with Crippen LogP contribution in [0.5, 0.6) is 0 Å². The van der Waals surface area contributed by atoms with Gasteiger partial charge in [0.05, 0.1) is 19.2 Å². The van der Waals surface area contributed by atoms with Crippen molar-refractivity contribution >= 4 is 22.8 Å². The van der Waals surface area contributed by atoms with Crippen molar-refractivity contribution in [2.75, 3.05) is 7.11 Å². The summed E-state index contributed by atoms with van der Waals surface area (Å²) in [5.74, 6) is -0.299. The highest BCUT2D eigenvalue weighted by Gasteiger charge is 2.22. The molecule has 0 fully saturated rings. The van der Waals surface area contributed by atoms with Crippen LogP contribution >= 0.6 is 0 Å². The molecule has 0 bridgehead atoms. The van der Waals surface area contributed by atoms with Gasteiger partial charge in [0.15, 0.2) is 0 Å². The highest BCUT2D eigenvalue weighted by molar-refractivity contribution is 6.02. The number of ether oxygens (including phenoxy) is 2. The molecule has 0 unspecified atom stereocenters. The maximum Gasteiger partial charge on any atom is 0.407 e. The first-order chi connectivity index (χ1) is 16.4. The quantitative estimate of drug-likeness (QED) is 0.477. The Balaban J connectivity index is 2.33. The second-order valence-corrected chi connectivity index (χ2v) is 10.1. The van der Waals surface area contributed by atoms with Crippen molar-refractivity contribution in [2.45, 2.75) is 60.2 Å². The van der Waals surface area contributed by atoms with E-state index in [1.165, 1.54) is 7.11 Å². The summed E-state index contributed by atoms with van der Waals surface area (Å²) in [5, 5.41) is 3.94. The summed E-state index contributed by atoms with van der Waals surface area (Å²) in [5.41, 5.74) is 2.91. The number of hydrogen-bond donors (Lipinski definition) is 1. The topological polar surface area (TPSA) is 86.6 Å². The molecule has 0 aliphatic carbocycles. The second-order valence-electron chi connectivity index (χ2n) is 10.1. The minimum atomic E-state index is -0.653. The zero-order chi connectivity index (χ0) is 25.9. The van der Waals surface area contributed by atoms with E-state index in [1.807, 2.05) is 45.0 Å². The summed E-state index contributed by atoms with van der Waals surface area (Å²) in [7, 11) is 1.32. The van der Waals surface area contributed by atoms with E-state index in [2.05, 4.69) is 5.32 Å². The molecule has 0 radical (unpaired) electrons. The van der Waals surface area contributed by atoms with E-state index in [0.29, 0.717) is 28.6 Å². The van der Waals surface area contributed by atoms with Gasteiger partial charge in [0, 0.05) is 23.2 Å². The number of nitrogens with one attached hydrogen (secondary N) is 1. The monoisotopic (exact) mass is 478 g/mol. The van der Waals surface area contributed by atoms with Gasteiger partial charge in [-0.15, -0.1) is 0 Å². The fourth-order valence-electron chi connectivity index (χ4n) is 4.00. The molecule has 0 aliphatic heterocycles. The van der Waals surface area contributed by atoms with Crippen molar-refractivity contribution in [1.82, 2.24) is 9.88 Å². The Morgan fingerprint density at radius 3 is 2.26 bits per heavy atom. The lowest BCUT2D eigenvalue weighted by atomic mass is 9.94. The van der Waals surface area contributed by atoms with Crippen molar-refractivity contribution < 1.29 is 19.1 Å². The molecular formula is C28H34N2O5. The number of pyridine rings is 1. The van der Waals surface area contributed by atoms with Gasteiger partial charge in [-0.2, -0.15) is 0 Å². The van der Waals surface area contributed by atoms with Crippen LogP contribution in [0, 0.1) is 12.8 Å². The van der Waals surface area contributed by atoms with Gasteiger partial charge in [-0.25, -0.2) is 9.59 Å². The molecule has 35 heavy (non-hydrogen) atoms. The number of alkyl carbamates (subject to hydrolysis) is 1. The van der Waals surface area contributed by atoms with Crippen molar-refractivity contribution in [2.24, 2.45) is 5.92 Å². The Labute approximate surface area is 206 Å². The molecule has 1 aromatic heterocycles. The Kier molecular flexibility index (Phi) is 7.68. The molecule has 186 valence electrons. The van der Waals surface area contributed by atoms with Crippen molar-refractivity contribution in [3.8, 4) is 11.1 Å². The number of aryl methyl sites for hydroxylation is 1. The number of nitrogens with zero attached hydrogens (tertiary/aromatic N) is 1. The molecule has 0 saturated carbocycles. The van der Waals surface area contributed by atoms with E-state index in [1.54, 1.807) is 43.5 Å². The lowest BCUT2D eigenvalue weighted by molar-refractivity contribution is 0.0521. The van der Waals surface area contributed by atoms with E-state index in [9.17, 15) is 14.4 Å². The molecule has 3 aromatic rings. The number of esters is 1. The third kappa shape index (κ3) is 6.10. The van der Waals surface area contributed by atoms with Crippen LogP contribution in [-0.4, -0.2) is 29.3 Å². The number of carbonyl (C=O) groups is 2. The van der Waals surface area contributed by atoms with E-state index >= 15 is 0 Å². The molecule has 2 aromatic carbocycles. The Bertz CT molecular complexity index is 1300. The molecular weight excluding hydrogens is 444 g/mol. The summed E-state index contributed by atoms with van der Waals surface area (Å²) in [6.07, 6.45) is -0.570. The van der Waals surface area contributed by atoms with Crippen LogP contribution in [0.15, 0.2) is 47.3 Å². The number of rotatable bonds is 6. The minimum Gasteiger partial charge on any atom is -0.465 e. The third-order valence-corrected chi connectivity index (χ3v) is 5.49. The molecule has 0 aliphatic rings. The SMILES string of the molecule is COC(=O)c1ccc2c(=O)n(CC(C)C)c(CNC(=O)OC(C)(C)C)c(-c3ccc(C)cc3)c2c1. The third-order valence-electron chi connectivity index (χ3n) is 5.49. The number of amides is 1. The molecule has 0 atom stereocenters. The highest BCUT2D eigenvalue weighted by Crippen LogP contribution is 2.32. The Morgan fingerprint density at radius 1 is 1.03 bits per heavy atom. The predicted molar refractivity (Wildman–Crippen MR) is 138 cm³/mol. The van der Waals surface area contributed by atoms with Crippen LogP contribution in [0.3, 0.4) is 0 Å². The van der Waals surface area contributed by atoms with Crippen LogP contribution in [-0.2, 0) is 22.6 Å². The number of fused-ring (bicyclic) bond motifs is 1. The Morgan fingerprint density at radius 2 is 1.69 bits per heavy atom. The first-order valence-electron chi connectivity index (χ1n) is 11.7. The summed E-state index contributed by atoms with van der Waals surface area (Å²) in [6, 6.07) is 12.9.